The Kier molecular flexibility index (Phi) is 6.39. The molecule has 2 aromatic carbocycles. The number of hydrogen-bond acceptors (Lipinski definition) is 4. The van der Waals surface area contributed by atoms with Crippen molar-refractivity contribution in [3.63, 3.8) is 0 Å². The first-order valence-electron chi connectivity index (χ1n) is 7.81. The maximum Gasteiger partial charge on any atom is 0.232 e. The number of amides is 1. The lowest BCUT2D eigenvalue weighted by molar-refractivity contribution is -0.116. The van der Waals surface area contributed by atoms with Gasteiger partial charge in [-0.3, -0.25) is 13.9 Å². The number of halogens is 1. The van der Waals surface area contributed by atoms with Gasteiger partial charge in [0.2, 0.25) is 15.9 Å². The number of ketones is 1. The van der Waals surface area contributed by atoms with Crippen LogP contribution in [-0.2, 0) is 14.8 Å². The second kappa shape index (κ2) is 8.33. The molecule has 138 valence electrons. The Hall–Kier alpha value is -2.38. The highest BCUT2D eigenvalue weighted by molar-refractivity contribution is 7.92. The summed E-state index contributed by atoms with van der Waals surface area (Å²) in [5.74, 6) is -0.458. The van der Waals surface area contributed by atoms with Crippen molar-refractivity contribution >= 4 is 44.7 Å². The number of hydrogen-bond donors (Lipinski definition) is 1. The van der Waals surface area contributed by atoms with Crippen LogP contribution in [0, 0.1) is 0 Å². The first kappa shape index (κ1) is 19.9. The van der Waals surface area contributed by atoms with E-state index in [1.54, 1.807) is 48.5 Å². The minimum Gasteiger partial charge on any atom is -0.326 e. The van der Waals surface area contributed by atoms with E-state index in [0.717, 1.165) is 10.6 Å². The third kappa shape index (κ3) is 5.57. The van der Waals surface area contributed by atoms with Crippen LogP contribution >= 0.6 is 11.6 Å². The first-order chi connectivity index (χ1) is 12.2. The van der Waals surface area contributed by atoms with Gasteiger partial charge in [-0.1, -0.05) is 23.7 Å². The Balaban J connectivity index is 2.06. The highest BCUT2D eigenvalue weighted by atomic mass is 35.5. The maximum absolute atomic E-state index is 12.2. The number of carbonyl (C=O) groups excluding carboxylic acids is 2. The summed E-state index contributed by atoms with van der Waals surface area (Å²) < 4.78 is 25.2. The fourth-order valence-electron chi connectivity index (χ4n) is 2.34. The van der Waals surface area contributed by atoms with Gasteiger partial charge in [0.15, 0.2) is 5.78 Å². The Morgan fingerprint density at radius 3 is 2.35 bits per heavy atom. The summed E-state index contributed by atoms with van der Waals surface area (Å²) >= 11 is 5.83. The smallest absolute Gasteiger partial charge is 0.232 e. The highest BCUT2D eigenvalue weighted by Gasteiger charge is 2.18. The number of anilines is 2. The number of benzene rings is 2. The van der Waals surface area contributed by atoms with E-state index in [9.17, 15) is 18.0 Å². The predicted molar refractivity (Wildman–Crippen MR) is 103 cm³/mol. The molecule has 8 heteroatoms. The standard InChI is InChI=1S/C18H19ClN2O4S/c1-13(22)14-4-3-5-16(12-14)20-18(23)10-11-21(26(2,24)25)17-8-6-15(19)7-9-17/h3-9,12H,10-11H2,1-2H3,(H,20,23). The van der Waals surface area contributed by atoms with Gasteiger partial charge in [0.1, 0.15) is 0 Å². The summed E-state index contributed by atoms with van der Waals surface area (Å²) in [7, 11) is -3.55. The zero-order valence-electron chi connectivity index (χ0n) is 14.4. The molecule has 6 nitrogen and oxygen atoms in total. The molecule has 0 saturated heterocycles. The average Bonchev–Trinajstić information content (AvgIpc) is 2.55. The molecular weight excluding hydrogens is 376 g/mol. The van der Waals surface area contributed by atoms with Crippen LogP contribution in [0.2, 0.25) is 5.02 Å². The van der Waals surface area contributed by atoms with Gasteiger partial charge in [0, 0.05) is 29.2 Å². The average molecular weight is 395 g/mol. The highest BCUT2D eigenvalue weighted by Crippen LogP contribution is 2.21. The topological polar surface area (TPSA) is 83.6 Å². The number of sulfonamides is 1. The van der Waals surface area contributed by atoms with Crippen LogP contribution < -0.4 is 9.62 Å². The van der Waals surface area contributed by atoms with Crippen molar-refractivity contribution in [3.8, 4) is 0 Å². The molecule has 1 amide bonds. The zero-order valence-corrected chi connectivity index (χ0v) is 16.0. The van der Waals surface area contributed by atoms with Crippen molar-refractivity contribution in [2.75, 3.05) is 22.4 Å². The van der Waals surface area contributed by atoms with Crippen LogP contribution in [0.5, 0.6) is 0 Å². The van der Waals surface area contributed by atoms with E-state index in [1.165, 1.54) is 6.92 Å². The largest absolute Gasteiger partial charge is 0.326 e. The lowest BCUT2D eigenvalue weighted by atomic mass is 10.1. The molecule has 0 heterocycles. The van der Waals surface area contributed by atoms with Gasteiger partial charge in [-0.25, -0.2) is 8.42 Å². The van der Waals surface area contributed by atoms with Crippen molar-refractivity contribution in [2.45, 2.75) is 13.3 Å². The molecule has 26 heavy (non-hydrogen) atoms. The van der Waals surface area contributed by atoms with Crippen molar-refractivity contribution < 1.29 is 18.0 Å². The van der Waals surface area contributed by atoms with E-state index < -0.39 is 10.0 Å². The Labute approximate surface area is 157 Å². The minimum absolute atomic E-state index is 0.0152. The van der Waals surface area contributed by atoms with E-state index in [2.05, 4.69) is 5.32 Å². The van der Waals surface area contributed by atoms with E-state index in [0.29, 0.717) is 22.0 Å². The van der Waals surface area contributed by atoms with Crippen molar-refractivity contribution in [1.29, 1.82) is 0 Å². The summed E-state index contributed by atoms with van der Waals surface area (Å²) in [5, 5.41) is 3.16. The Morgan fingerprint density at radius 2 is 1.77 bits per heavy atom. The van der Waals surface area contributed by atoms with Crippen molar-refractivity contribution in [2.24, 2.45) is 0 Å². The fourth-order valence-corrected chi connectivity index (χ4v) is 3.39. The second-order valence-corrected chi connectivity index (χ2v) is 8.09. The monoisotopic (exact) mass is 394 g/mol. The molecule has 0 radical (unpaired) electrons. The van der Waals surface area contributed by atoms with E-state index >= 15 is 0 Å². The lowest BCUT2D eigenvalue weighted by Crippen LogP contribution is -2.33. The molecule has 0 aliphatic carbocycles. The van der Waals surface area contributed by atoms with E-state index in [4.69, 9.17) is 11.6 Å². The summed E-state index contributed by atoms with van der Waals surface area (Å²) in [6.07, 6.45) is 1.04. The molecule has 0 unspecified atom stereocenters. The molecule has 0 saturated carbocycles. The maximum atomic E-state index is 12.2. The number of nitrogens with one attached hydrogen (secondary N) is 1. The van der Waals surface area contributed by atoms with Gasteiger partial charge < -0.3 is 5.32 Å². The fraction of sp³-hybridized carbons (Fsp3) is 0.222. The molecule has 0 atom stereocenters. The van der Waals surface area contributed by atoms with Crippen LogP contribution in [0.3, 0.4) is 0 Å². The van der Waals surface area contributed by atoms with Gasteiger partial charge in [-0.05, 0) is 43.3 Å². The number of Topliss-reactive ketones (excluding diaryl/α,β-unsaturated/α-hetero) is 1. The summed E-state index contributed by atoms with van der Waals surface area (Å²) in [4.78, 5) is 23.6. The molecule has 0 aliphatic rings. The summed E-state index contributed by atoms with van der Waals surface area (Å²) in [6.45, 7) is 1.43. The normalized spacial score (nSPS) is 11.0. The molecule has 0 aliphatic heterocycles. The van der Waals surface area contributed by atoms with Gasteiger partial charge >= 0.3 is 0 Å². The van der Waals surface area contributed by atoms with E-state index in [1.807, 2.05) is 0 Å². The molecule has 1 N–H and O–H groups in total. The molecule has 2 aromatic rings. The number of rotatable bonds is 7. The number of nitrogens with zero attached hydrogens (tertiary/aromatic N) is 1. The van der Waals surface area contributed by atoms with Crippen molar-refractivity contribution in [3.05, 3.63) is 59.1 Å². The van der Waals surface area contributed by atoms with Gasteiger partial charge in [0.05, 0.1) is 11.9 Å². The van der Waals surface area contributed by atoms with Crippen LogP contribution in [0.25, 0.3) is 0 Å². The quantitative estimate of drug-likeness (QED) is 0.730. The Bertz CT molecular complexity index is 911. The van der Waals surface area contributed by atoms with E-state index in [-0.39, 0.29) is 24.7 Å². The molecule has 0 spiro atoms. The predicted octanol–water partition coefficient (Wildman–Crippen LogP) is 3.34. The second-order valence-electron chi connectivity index (χ2n) is 5.75. The zero-order chi connectivity index (χ0) is 19.3. The van der Waals surface area contributed by atoms with Crippen LogP contribution in [0.15, 0.2) is 48.5 Å². The first-order valence-corrected chi connectivity index (χ1v) is 10.0. The molecule has 0 fully saturated rings. The van der Waals surface area contributed by atoms with Gasteiger partial charge in [0.25, 0.3) is 0 Å². The van der Waals surface area contributed by atoms with Crippen molar-refractivity contribution in [1.82, 2.24) is 0 Å². The van der Waals surface area contributed by atoms with Gasteiger partial charge in [-0.15, -0.1) is 0 Å². The molecule has 2 rings (SSSR count). The summed E-state index contributed by atoms with van der Waals surface area (Å²) in [6, 6.07) is 12.9. The third-order valence-corrected chi connectivity index (χ3v) is 5.06. The Morgan fingerprint density at radius 1 is 1.12 bits per heavy atom. The third-order valence-electron chi connectivity index (χ3n) is 3.61. The SMILES string of the molecule is CC(=O)c1cccc(NC(=O)CCN(c2ccc(Cl)cc2)S(C)(=O)=O)c1. The molecular formula is C18H19ClN2O4S. The van der Waals surface area contributed by atoms with Crippen LogP contribution in [-0.4, -0.2) is 32.9 Å². The van der Waals surface area contributed by atoms with Gasteiger partial charge in [-0.2, -0.15) is 0 Å². The summed E-state index contributed by atoms with van der Waals surface area (Å²) in [5.41, 5.74) is 1.41. The molecule has 0 bridgehead atoms. The van der Waals surface area contributed by atoms with Crippen LogP contribution in [0.1, 0.15) is 23.7 Å². The molecule has 0 aromatic heterocycles. The lowest BCUT2D eigenvalue weighted by Gasteiger charge is -2.22. The minimum atomic E-state index is -3.55. The number of carbonyl (C=O) groups is 2. The van der Waals surface area contributed by atoms with Crippen LogP contribution in [0.4, 0.5) is 11.4 Å².